The first-order valence-corrected chi connectivity index (χ1v) is 14.5. The number of aromatic nitrogens is 4. The van der Waals surface area contributed by atoms with Gasteiger partial charge in [0.2, 0.25) is 5.95 Å². The summed E-state index contributed by atoms with van der Waals surface area (Å²) >= 11 is 6.08. The van der Waals surface area contributed by atoms with Gasteiger partial charge in [0.1, 0.15) is 4.90 Å². The SMILES string of the molecule is CCc1cc(-c2ncc(NS(=O)(=O)c3ccccc3Cl)nc2C)cc2cnc(N[C@H]3CC[C@H](N)CC3)nc12. The van der Waals surface area contributed by atoms with E-state index in [0.29, 0.717) is 29.4 Å². The predicted octanol–water partition coefficient (Wildman–Crippen LogP) is 5.09. The summed E-state index contributed by atoms with van der Waals surface area (Å²) < 4.78 is 28.1. The Morgan fingerprint density at radius 2 is 1.82 bits per heavy atom. The normalized spacial score (nSPS) is 17.9. The Labute approximate surface area is 227 Å². The predicted molar refractivity (Wildman–Crippen MR) is 151 cm³/mol. The maximum absolute atomic E-state index is 12.8. The van der Waals surface area contributed by atoms with E-state index < -0.39 is 10.0 Å². The largest absolute Gasteiger partial charge is 0.351 e. The van der Waals surface area contributed by atoms with Gasteiger partial charge in [-0.2, -0.15) is 0 Å². The Kier molecular flexibility index (Phi) is 7.47. The zero-order valence-electron chi connectivity index (χ0n) is 21.3. The highest BCUT2D eigenvalue weighted by Crippen LogP contribution is 2.30. The van der Waals surface area contributed by atoms with E-state index in [2.05, 4.69) is 38.0 Å². The van der Waals surface area contributed by atoms with Crippen LogP contribution in [0.25, 0.3) is 22.2 Å². The van der Waals surface area contributed by atoms with Crippen LogP contribution in [0.4, 0.5) is 11.8 Å². The first-order chi connectivity index (χ1) is 18.2. The van der Waals surface area contributed by atoms with E-state index in [4.69, 9.17) is 22.3 Å². The van der Waals surface area contributed by atoms with Gasteiger partial charge < -0.3 is 11.1 Å². The van der Waals surface area contributed by atoms with Gasteiger partial charge in [-0.05, 0) is 68.9 Å². The summed E-state index contributed by atoms with van der Waals surface area (Å²) in [6.07, 6.45) is 8.07. The zero-order valence-corrected chi connectivity index (χ0v) is 22.9. The van der Waals surface area contributed by atoms with Crippen molar-refractivity contribution in [2.75, 3.05) is 10.0 Å². The van der Waals surface area contributed by atoms with Crippen molar-refractivity contribution in [3.05, 3.63) is 65.1 Å². The number of benzene rings is 2. The summed E-state index contributed by atoms with van der Waals surface area (Å²) in [6.45, 7) is 3.88. The molecule has 2 aromatic heterocycles. The lowest BCUT2D eigenvalue weighted by atomic mass is 9.92. The number of nitrogens with zero attached hydrogens (tertiary/aromatic N) is 4. The van der Waals surface area contributed by atoms with Crippen molar-refractivity contribution in [1.29, 1.82) is 0 Å². The van der Waals surface area contributed by atoms with Crippen molar-refractivity contribution in [2.45, 2.75) is 62.9 Å². The Balaban J connectivity index is 1.41. The molecule has 0 unspecified atom stereocenters. The van der Waals surface area contributed by atoms with E-state index in [1.54, 1.807) is 19.1 Å². The summed E-state index contributed by atoms with van der Waals surface area (Å²) in [5.41, 5.74) is 10.1. The third-order valence-electron chi connectivity index (χ3n) is 6.83. The lowest BCUT2D eigenvalue weighted by molar-refractivity contribution is 0.410. The van der Waals surface area contributed by atoms with Crippen molar-refractivity contribution in [3.8, 4) is 11.3 Å². The molecule has 4 N–H and O–H groups in total. The molecule has 0 radical (unpaired) electrons. The lowest BCUT2D eigenvalue weighted by Gasteiger charge is -2.26. The minimum atomic E-state index is -3.91. The Bertz CT molecular complexity index is 1590. The van der Waals surface area contributed by atoms with Crippen molar-refractivity contribution in [1.82, 2.24) is 19.9 Å². The molecule has 5 rings (SSSR count). The molecule has 0 amide bonds. The first-order valence-electron chi connectivity index (χ1n) is 12.7. The van der Waals surface area contributed by atoms with Crippen molar-refractivity contribution >= 4 is 44.3 Å². The topological polar surface area (TPSA) is 136 Å². The van der Waals surface area contributed by atoms with Gasteiger partial charge in [0.25, 0.3) is 10.0 Å². The van der Waals surface area contributed by atoms with Crippen LogP contribution in [0.3, 0.4) is 0 Å². The van der Waals surface area contributed by atoms with Gasteiger partial charge in [0, 0.05) is 29.2 Å². The molecule has 0 spiro atoms. The van der Waals surface area contributed by atoms with Crippen LogP contribution in [0.5, 0.6) is 0 Å². The van der Waals surface area contributed by atoms with Crippen LogP contribution in [-0.2, 0) is 16.4 Å². The minimum Gasteiger partial charge on any atom is -0.351 e. The van der Waals surface area contributed by atoms with Crippen LogP contribution in [0.1, 0.15) is 43.9 Å². The number of hydrogen-bond acceptors (Lipinski definition) is 8. The number of halogens is 1. The number of nitrogens with one attached hydrogen (secondary N) is 2. The molecule has 4 aromatic rings. The number of aryl methyl sites for hydroxylation is 2. The van der Waals surface area contributed by atoms with Gasteiger partial charge in [0.15, 0.2) is 5.82 Å². The van der Waals surface area contributed by atoms with E-state index in [1.165, 1.54) is 18.3 Å². The van der Waals surface area contributed by atoms with Gasteiger partial charge in [0.05, 0.1) is 28.1 Å². The molecule has 9 nitrogen and oxygen atoms in total. The molecule has 2 heterocycles. The van der Waals surface area contributed by atoms with Crippen LogP contribution < -0.4 is 15.8 Å². The molecule has 11 heteroatoms. The maximum atomic E-state index is 12.8. The van der Waals surface area contributed by atoms with Crippen LogP contribution >= 0.6 is 11.6 Å². The van der Waals surface area contributed by atoms with E-state index in [-0.39, 0.29) is 15.7 Å². The number of fused-ring (bicyclic) bond motifs is 1. The van der Waals surface area contributed by atoms with Gasteiger partial charge >= 0.3 is 0 Å². The minimum absolute atomic E-state index is 0.0202. The van der Waals surface area contributed by atoms with Crippen LogP contribution in [0.2, 0.25) is 5.02 Å². The van der Waals surface area contributed by atoms with E-state index in [1.807, 2.05) is 12.3 Å². The third-order valence-corrected chi connectivity index (χ3v) is 8.69. The molecular formula is C27H30ClN7O2S. The molecule has 1 saturated carbocycles. The number of anilines is 2. The van der Waals surface area contributed by atoms with Crippen molar-refractivity contribution < 1.29 is 8.42 Å². The Hall–Kier alpha value is -3.34. The molecule has 0 saturated heterocycles. The third kappa shape index (κ3) is 5.57. The highest BCUT2D eigenvalue weighted by atomic mass is 35.5. The van der Waals surface area contributed by atoms with E-state index in [9.17, 15) is 8.42 Å². The molecule has 1 fully saturated rings. The fourth-order valence-corrected chi connectivity index (χ4v) is 6.32. The van der Waals surface area contributed by atoms with Gasteiger partial charge in [-0.25, -0.2) is 23.4 Å². The fraction of sp³-hybridized carbons (Fsp3) is 0.333. The molecule has 38 heavy (non-hydrogen) atoms. The Morgan fingerprint density at radius 1 is 1.05 bits per heavy atom. The average molecular weight is 552 g/mol. The second kappa shape index (κ2) is 10.8. The molecule has 0 aliphatic heterocycles. The number of rotatable bonds is 7. The summed E-state index contributed by atoms with van der Waals surface area (Å²) in [5, 5.41) is 4.51. The summed E-state index contributed by atoms with van der Waals surface area (Å²) in [7, 11) is -3.91. The van der Waals surface area contributed by atoms with Crippen molar-refractivity contribution in [2.24, 2.45) is 5.73 Å². The zero-order chi connectivity index (χ0) is 26.9. The maximum Gasteiger partial charge on any atom is 0.264 e. The second-order valence-corrected chi connectivity index (χ2v) is 11.7. The second-order valence-electron chi connectivity index (χ2n) is 9.60. The summed E-state index contributed by atoms with van der Waals surface area (Å²) in [4.78, 5) is 18.4. The quantitative estimate of drug-likeness (QED) is 0.289. The summed E-state index contributed by atoms with van der Waals surface area (Å²) in [6, 6.07) is 10.9. The van der Waals surface area contributed by atoms with Gasteiger partial charge in [-0.15, -0.1) is 0 Å². The molecular weight excluding hydrogens is 522 g/mol. The average Bonchev–Trinajstić information content (AvgIpc) is 2.89. The molecule has 1 aliphatic rings. The number of sulfonamides is 1. The number of nitrogens with two attached hydrogens (primary N) is 1. The highest BCUT2D eigenvalue weighted by molar-refractivity contribution is 7.92. The lowest BCUT2D eigenvalue weighted by Crippen LogP contribution is -2.33. The standard InChI is InChI=1S/C27H30ClN7O2S/c1-3-17-12-18(13-19-14-31-27(34-26(17)19)33-21-10-8-20(29)9-11-21)25-16(2)32-24(15-30-25)35-38(36,37)23-7-5-4-6-22(23)28/h4-7,12-15,20-21H,3,8-11,29H2,1-2H3,(H,32,35)(H,31,33,34)/t20-,21-. The van der Waals surface area contributed by atoms with Crippen LogP contribution in [0, 0.1) is 6.92 Å². The molecule has 198 valence electrons. The number of hydrogen-bond donors (Lipinski definition) is 3. The molecule has 0 bridgehead atoms. The summed E-state index contributed by atoms with van der Waals surface area (Å²) in [5.74, 6) is 0.747. The molecule has 1 aliphatic carbocycles. The fourth-order valence-electron chi connectivity index (χ4n) is 4.81. The smallest absolute Gasteiger partial charge is 0.264 e. The van der Waals surface area contributed by atoms with Gasteiger partial charge in [-0.3, -0.25) is 9.71 Å². The van der Waals surface area contributed by atoms with E-state index >= 15 is 0 Å². The highest BCUT2D eigenvalue weighted by Gasteiger charge is 2.21. The monoisotopic (exact) mass is 551 g/mol. The van der Waals surface area contributed by atoms with Gasteiger partial charge in [-0.1, -0.05) is 30.7 Å². The van der Waals surface area contributed by atoms with E-state index in [0.717, 1.165) is 54.1 Å². The van der Waals surface area contributed by atoms with Crippen LogP contribution in [0.15, 0.2) is 53.7 Å². The molecule has 2 aromatic carbocycles. The Morgan fingerprint density at radius 3 is 2.53 bits per heavy atom. The molecule has 0 atom stereocenters. The first kappa shape index (κ1) is 26.3. The van der Waals surface area contributed by atoms with Crippen molar-refractivity contribution in [3.63, 3.8) is 0 Å². The van der Waals surface area contributed by atoms with Crippen LogP contribution in [-0.4, -0.2) is 40.4 Å².